The maximum Gasteiger partial charge on any atom is 0.365 e. The third-order valence-corrected chi connectivity index (χ3v) is 2.53. The quantitative estimate of drug-likeness (QED) is 0.584. The van der Waals surface area contributed by atoms with E-state index in [-0.39, 0.29) is 5.56 Å². The Morgan fingerprint density at radius 1 is 1.19 bits per heavy atom. The second kappa shape index (κ2) is 3.41. The SMILES string of the molecule is Fc1cccc([C@H]2CC(F)(F)C(F)(F)N2)c1. The van der Waals surface area contributed by atoms with Gasteiger partial charge in [0, 0.05) is 12.5 Å². The second-order valence-corrected chi connectivity index (χ2v) is 3.73. The Kier molecular flexibility index (Phi) is 2.41. The van der Waals surface area contributed by atoms with Crippen molar-refractivity contribution < 1.29 is 22.0 Å². The molecule has 1 N–H and O–H groups in total. The van der Waals surface area contributed by atoms with Crippen LogP contribution in [0.2, 0.25) is 0 Å². The van der Waals surface area contributed by atoms with E-state index >= 15 is 0 Å². The fourth-order valence-electron chi connectivity index (χ4n) is 1.68. The van der Waals surface area contributed by atoms with Crippen LogP contribution < -0.4 is 5.32 Å². The zero-order chi connectivity index (χ0) is 12.0. The van der Waals surface area contributed by atoms with Gasteiger partial charge >= 0.3 is 12.0 Å². The molecule has 1 aromatic rings. The zero-order valence-electron chi connectivity index (χ0n) is 7.98. The van der Waals surface area contributed by atoms with Crippen LogP contribution in [0.5, 0.6) is 0 Å². The van der Waals surface area contributed by atoms with Crippen molar-refractivity contribution >= 4 is 0 Å². The molecule has 0 bridgehead atoms. The number of benzene rings is 1. The van der Waals surface area contributed by atoms with E-state index in [0.29, 0.717) is 0 Å². The monoisotopic (exact) mass is 237 g/mol. The summed E-state index contributed by atoms with van der Waals surface area (Å²) in [7, 11) is 0. The summed E-state index contributed by atoms with van der Waals surface area (Å²) in [5.41, 5.74) is 0.0943. The molecule has 1 aliphatic rings. The Labute approximate surface area is 88.3 Å². The standard InChI is InChI=1S/C10H8F5N/c11-7-3-1-2-6(4-7)8-5-9(12,13)10(14,15)16-8/h1-4,8,16H,5H2/t8-/m1/s1. The van der Waals surface area contributed by atoms with E-state index in [1.807, 2.05) is 0 Å². The molecule has 0 spiro atoms. The van der Waals surface area contributed by atoms with E-state index in [2.05, 4.69) is 0 Å². The van der Waals surface area contributed by atoms with Crippen LogP contribution in [0.3, 0.4) is 0 Å². The molecule has 1 heterocycles. The van der Waals surface area contributed by atoms with Gasteiger partial charge in [-0.25, -0.2) is 9.71 Å². The highest BCUT2D eigenvalue weighted by molar-refractivity contribution is 5.23. The molecule has 6 heteroatoms. The van der Waals surface area contributed by atoms with Gasteiger partial charge in [0.05, 0.1) is 0 Å². The Morgan fingerprint density at radius 2 is 1.88 bits per heavy atom. The Hall–Kier alpha value is -1.17. The van der Waals surface area contributed by atoms with Crippen LogP contribution in [-0.2, 0) is 0 Å². The molecule has 0 amide bonds. The third-order valence-electron chi connectivity index (χ3n) is 2.53. The van der Waals surface area contributed by atoms with Gasteiger partial charge in [-0.15, -0.1) is 0 Å². The number of halogens is 5. The lowest BCUT2D eigenvalue weighted by molar-refractivity contribution is -0.197. The molecular formula is C10H8F5N. The first-order valence-corrected chi connectivity index (χ1v) is 4.61. The van der Waals surface area contributed by atoms with E-state index in [1.165, 1.54) is 17.4 Å². The summed E-state index contributed by atoms with van der Waals surface area (Å²) in [6.07, 6.45) is -1.04. The maximum atomic E-state index is 12.9. The van der Waals surface area contributed by atoms with Crippen molar-refractivity contribution in [3.05, 3.63) is 35.6 Å². The van der Waals surface area contributed by atoms with E-state index in [0.717, 1.165) is 12.1 Å². The lowest BCUT2D eigenvalue weighted by Gasteiger charge is -2.16. The van der Waals surface area contributed by atoms with Gasteiger partial charge in [-0.2, -0.15) is 17.6 Å². The molecule has 16 heavy (non-hydrogen) atoms. The van der Waals surface area contributed by atoms with E-state index < -0.39 is 30.2 Å². The molecule has 1 nitrogen and oxygen atoms in total. The van der Waals surface area contributed by atoms with Crippen LogP contribution >= 0.6 is 0 Å². The molecule has 1 saturated heterocycles. The van der Waals surface area contributed by atoms with E-state index in [9.17, 15) is 22.0 Å². The minimum atomic E-state index is -4.25. The number of rotatable bonds is 1. The van der Waals surface area contributed by atoms with Gasteiger partial charge in [-0.3, -0.25) is 0 Å². The fourth-order valence-corrected chi connectivity index (χ4v) is 1.68. The van der Waals surface area contributed by atoms with Crippen molar-refractivity contribution in [1.82, 2.24) is 5.32 Å². The molecule has 0 aliphatic carbocycles. The van der Waals surface area contributed by atoms with Crippen LogP contribution in [0, 0.1) is 5.82 Å². The van der Waals surface area contributed by atoms with Gasteiger partial charge in [0.15, 0.2) is 0 Å². The maximum absolute atomic E-state index is 12.9. The molecule has 0 aromatic heterocycles. The number of nitrogens with one attached hydrogen (secondary N) is 1. The molecule has 1 aromatic carbocycles. The first kappa shape index (κ1) is 11.3. The molecule has 2 rings (SSSR count). The number of hydrogen-bond donors (Lipinski definition) is 1. The van der Waals surface area contributed by atoms with Crippen LogP contribution in [0.1, 0.15) is 18.0 Å². The van der Waals surface area contributed by atoms with Crippen LogP contribution in [-0.4, -0.2) is 12.0 Å². The predicted octanol–water partition coefficient (Wildman–Crippen LogP) is 3.09. The normalized spacial score (nSPS) is 26.9. The molecule has 1 fully saturated rings. The molecule has 1 atom stereocenters. The minimum absolute atomic E-state index is 0.0943. The summed E-state index contributed by atoms with van der Waals surface area (Å²) in [4.78, 5) is 0. The predicted molar refractivity (Wildman–Crippen MR) is 46.8 cm³/mol. The van der Waals surface area contributed by atoms with Crippen LogP contribution in [0.15, 0.2) is 24.3 Å². The summed E-state index contributed by atoms with van der Waals surface area (Å²) in [5, 5.41) is 1.51. The van der Waals surface area contributed by atoms with Crippen molar-refractivity contribution in [3.8, 4) is 0 Å². The Morgan fingerprint density at radius 3 is 2.38 bits per heavy atom. The molecule has 88 valence electrons. The number of hydrogen-bond acceptors (Lipinski definition) is 1. The molecule has 0 unspecified atom stereocenters. The summed E-state index contributed by atoms with van der Waals surface area (Å²) < 4.78 is 64.1. The summed E-state index contributed by atoms with van der Waals surface area (Å²) in [6, 6.07) is -0.770. The highest BCUT2D eigenvalue weighted by atomic mass is 19.3. The van der Waals surface area contributed by atoms with Gasteiger partial charge in [-0.05, 0) is 17.7 Å². The lowest BCUT2D eigenvalue weighted by atomic mass is 10.0. The van der Waals surface area contributed by atoms with Crippen molar-refractivity contribution in [3.63, 3.8) is 0 Å². The second-order valence-electron chi connectivity index (χ2n) is 3.73. The average Bonchev–Trinajstić information content (AvgIpc) is 2.36. The molecule has 0 saturated carbocycles. The summed E-state index contributed by atoms with van der Waals surface area (Å²) in [5.74, 6) is -4.75. The number of alkyl halides is 4. The van der Waals surface area contributed by atoms with Crippen molar-refractivity contribution in [2.24, 2.45) is 0 Å². The van der Waals surface area contributed by atoms with Gasteiger partial charge < -0.3 is 0 Å². The van der Waals surface area contributed by atoms with Crippen molar-refractivity contribution in [2.75, 3.05) is 0 Å². The van der Waals surface area contributed by atoms with E-state index in [1.54, 1.807) is 0 Å². The van der Waals surface area contributed by atoms with E-state index in [4.69, 9.17) is 0 Å². The van der Waals surface area contributed by atoms with Crippen LogP contribution in [0.4, 0.5) is 22.0 Å². The highest BCUT2D eigenvalue weighted by Gasteiger charge is 2.63. The summed E-state index contributed by atoms with van der Waals surface area (Å²) >= 11 is 0. The first-order chi connectivity index (χ1) is 7.32. The lowest BCUT2D eigenvalue weighted by Crippen LogP contribution is -2.43. The topological polar surface area (TPSA) is 12.0 Å². The smallest absolute Gasteiger partial charge is 0.246 e. The fraction of sp³-hybridized carbons (Fsp3) is 0.400. The minimum Gasteiger partial charge on any atom is -0.246 e. The first-order valence-electron chi connectivity index (χ1n) is 4.61. The highest BCUT2D eigenvalue weighted by Crippen LogP contribution is 2.46. The third kappa shape index (κ3) is 1.77. The Bertz CT molecular complexity index is 388. The molecule has 1 aliphatic heterocycles. The summed E-state index contributed by atoms with van der Waals surface area (Å²) in [6.45, 7) is 0. The van der Waals surface area contributed by atoms with Crippen molar-refractivity contribution in [2.45, 2.75) is 24.4 Å². The van der Waals surface area contributed by atoms with Gasteiger partial charge in [-0.1, -0.05) is 12.1 Å². The van der Waals surface area contributed by atoms with Gasteiger partial charge in [0.2, 0.25) is 0 Å². The molecule has 0 radical (unpaired) electrons. The molecular weight excluding hydrogens is 229 g/mol. The Balaban J connectivity index is 2.27. The van der Waals surface area contributed by atoms with Gasteiger partial charge in [0.1, 0.15) is 5.82 Å². The zero-order valence-corrected chi connectivity index (χ0v) is 7.98. The van der Waals surface area contributed by atoms with Crippen molar-refractivity contribution in [1.29, 1.82) is 0 Å². The van der Waals surface area contributed by atoms with Crippen LogP contribution in [0.25, 0.3) is 0 Å². The average molecular weight is 237 g/mol. The van der Waals surface area contributed by atoms with Gasteiger partial charge in [0.25, 0.3) is 0 Å². The largest absolute Gasteiger partial charge is 0.365 e.